The first kappa shape index (κ1) is 19.0. The number of likely N-dealkylation sites (N-methyl/N-ethyl adjacent to an activating group) is 1. The Labute approximate surface area is 167 Å². The summed E-state index contributed by atoms with van der Waals surface area (Å²) in [5, 5.41) is 0. The van der Waals surface area contributed by atoms with Crippen molar-refractivity contribution in [3.05, 3.63) is 48.0 Å². The van der Waals surface area contributed by atoms with E-state index in [2.05, 4.69) is 40.8 Å². The molecule has 2 aliphatic rings. The Hall–Kier alpha value is -2.34. The van der Waals surface area contributed by atoms with Crippen LogP contribution < -0.4 is 4.74 Å². The van der Waals surface area contributed by atoms with Crippen LogP contribution in [0.5, 0.6) is 5.75 Å². The Kier molecular flexibility index (Phi) is 5.67. The minimum absolute atomic E-state index is 0.0615. The van der Waals surface area contributed by atoms with Crippen molar-refractivity contribution >= 4 is 5.91 Å². The summed E-state index contributed by atoms with van der Waals surface area (Å²) in [7, 11) is 4.18. The predicted octanol–water partition coefficient (Wildman–Crippen LogP) is 2.40. The molecule has 0 spiro atoms. The maximum absolute atomic E-state index is 13.0. The summed E-state index contributed by atoms with van der Waals surface area (Å²) in [6.07, 6.45) is 6.72. The van der Waals surface area contributed by atoms with Crippen LogP contribution in [0.3, 0.4) is 0 Å². The molecule has 2 aromatic rings. The molecule has 28 heavy (non-hydrogen) atoms. The topological polar surface area (TPSA) is 50.6 Å². The maximum atomic E-state index is 13.0. The number of piperidine rings is 1. The summed E-state index contributed by atoms with van der Waals surface area (Å²) < 4.78 is 8.10. The van der Waals surface area contributed by atoms with Gasteiger partial charge in [-0.3, -0.25) is 4.79 Å². The standard InChI is InChI=1S/C22H30N4O2/c1-24(2)13-14-25-12-9-23-21(25)17-7-10-26(11-8-17)22(27)19-15-18-5-3-4-6-20(18)28-16-19/h3-6,9,12,17,19H,7-8,10-11,13-16H2,1-2H3. The molecule has 1 saturated heterocycles. The Bertz CT molecular complexity index is 808. The second-order valence-corrected chi connectivity index (χ2v) is 8.20. The number of rotatable bonds is 5. The molecule has 0 radical (unpaired) electrons. The van der Waals surface area contributed by atoms with Crippen LogP contribution in [0, 0.1) is 5.92 Å². The molecule has 1 unspecified atom stereocenters. The van der Waals surface area contributed by atoms with Crippen LogP contribution in [0.1, 0.15) is 30.1 Å². The smallest absolute Gasteiger partial charge is 0.229 e. The number of hydrogen-bond donors (Lipinski definition) is 0. The van der Waals surface area contributed by atoms with E-state index in [4.69, 9.17) is 4.74 Å². The highest BCUT2D eigenvalue weighted by molar-refractivity contribution is 5.80. The first-order valence-corrected chi connectivity index (χ1v) is 10.3. The van der Waals surface area contributed by atoms with Crippen molar-refractivity contribution in [2.45, 2.75) is 31.7 Å². The largest absolute Gasteiger partial charge is 0.492 e. The van der Waals surface area contributed by atoms with E-state index in [1.807, 2.05) is 29.3 Å². The number of imidazole rings is 1. The van der Waals surface area contributed by atoms with E-state index in [1.165, 1.54) is 5.82 Å². The lowest BCUT2D eigenvalue weighted by Crippen LogP contribution is -2.44. The van der Waals surface area contributed by atoms with Crippen LogP contribution in [-0.2, 0) is 17.8 Å². The highest BCUT2D eigenvalue weighted by atomic mass is 16.5. The average molecular weight is 383 g/mol. The molecule has 1 atom stereocenters. The number of benzene rings is 1. The van der Waals surface area contributed by atoms with Gasteiger partial charge in [-0.2, -0.15) is 0 Å². The Morgan fingerprint density at radius 2 is 2.04 bits per heavy atom. The van der Waals surface area contributed by atoms with Crippen molar-refractivity contribution in [1.29, 1.82) is 0 Å². The van der Waals surface area contributed by atoms with Gasteiger partial charge in [0.1, 0.15) is 18.2 Å². The van der Waals surface area contributed by atoms with Crippen molar-refractivity contribution < 1.29 is 9.53 Å². The van der Waals surface area contributed by atoms with Crippen LogP contribution in [-0.4, -0.2) is 65.6 Å². The average Bonchev–Trinajstić information content (AvgIpc) is 3.20. The molecule has 2 aliphatic heterocycles. The van der Waals surface area contributed by atoms with Crippen molar-refractivity contribution in [2.24, 2.45) is 5.92 Å². The maximum Gasteiger partial charge on any atom is 0.229 e. The van der Waals surface area contributed by atoms with Gasteiger partial charge < -0.3 is 19.1 Å². The summed E-state index contributed by atoms with van der Waals surface area (Å²) in [6.45, 7) is 4.07. The number of likely N-dealkylation sites (tertiary alicyclic amines) is 1. The molecule has 3 heterocycles. The van der Waals surface area contributed by atoms with Crippen molar-refractivity contribution in [2.75, 3.05) is 40.3 Å². The minimum atomic E-state index is -0.0615. The Balaban J connectivity index is 1.33. The second kappa shape index (κ2) is 8.35. The van der Waals surface area contributed by atoms with E-state index in [9.17, 15) is 4.79 Å². The van der Waals surface area contributed by atoms with Gasteiger partial charge in [-0.15, -0.1) is 0 Å². The molecule has 6 nitrogen and oxygen atoms in total. The van der Waals surface area contributed by atoms with Crippen molar-refractivity contribution in [3.8, 4) is 5.75 Å². The Morgan fingerprint density at radius 1 is 1.25 bits per heavy atom. The van der Waals surface area contributed by atoms with E-state index < -0.39 is 0 Å². The molecule has 4 rings (SSSR count). The normalized spacial score (nSPS) is 20.1. The van der Waals surface area contributed by atoms with Crippen LogP contribution in [0.2, 0.25) is 0 Å². The molecule has 1 fully saturated rings. The third kappa shape index (κ3) is 4.07. The molecular weight excluding hydrogens is 352 g/mol. The zero-order valence-corrected chi connectivity index (χ0v) is 16.9. The number of aromatic nitrogens is 2. The van der Waals surface area contributed by atoms with Gasteiger partial charge in [0.15, 0.2) is 0 Å². The lowest BCUT2D eigenvalue weighted by atomic mass is 9.92. The molecule has 0 N–H and O–H groups in total. The van der Waals surface area contributed by atoms with E-state index >= 15 is 0 Å². The number of carbonyl (C=O) groups is 1. The molecule has 1 aromatic heterocycles. The number of amides is 1. The van der Waals surface area contributed by atoms with Gasteiger partial charge in [0.05, 0.1) is 5.92 Å². The number of ether oxygens (including phenoxy) is 1. The monoisotopic (exact) mass is 382 g/mol. The van der Waals surface area contributed by atoms with Gasteiger partial charge in [-0.1, -0.05) is 18.2 Å². The van der Waals surface area contributed by atoms with Gasteiger partial charge >= 0.3 is 0 Å². The van der Waals surface area contributed by atoms with Gasteiger partial charge in [-0.25, -0.2) is 4.98 Å². The number of fused-ring (bicyclic) bond motifs is 1. The second-order valence-electron chi connectivity index (χ2n) is 8.20. The lowest BCUT2D eigenvalue weighted by molar-refractivity contribution is -0.138. The van der Waals surface area contributed by atoms with E-state index in [0.717, 1.165) is 56.8 Å². The van der Waals surface area contributed by atoms with E-state index in [1.54, 1.807) is 0 Å². The highest BCUT2D eigenvalue weighted by Crippen LogP contribution is 2.31. The molecule has 1 amide bonds. The van der Waals surface area contributed by atoms with E-state index in [0.29, 0.717) is 12.5 Å². The lowest BCUT2D eigenvalue weighted by Gasteiger charge is -2.35. The van der Waals surface area contributed by atoms with Gasteiger partial charge in [0.25, 0.3) is 0 Å². The quantitative estimate of drug-likeness (QED) is 0.797. The number of carbonyl (C=O) groups excluding carboxylic acids is 1. The number of nitrogens with zero attached hydrogens (tertiary/aromatic N) is 4. The first-order valence-electron chi connectivity index (χ1n) is 10.3. The molecule has 150 valence electrons. The van der Waals surface area contributed by atoms with Gasteiger partial charge in [-0.05, 0) is 45.0 Å². The van der Waals surface area contributed by atoms with Gasteiger partial charge in [0, 0.05) is 44.5 Å². The molecule has 0 saturated carbocycles. The summed E-state index contributed by atoms with van der Waals surface area (Å²) in [6, 6.07) is 8.04. The first-order chi connectivity index (χ1) is 13.6. The SMILES string of the molecule is CN(C)CCn1ccnc1C1CCN(C(=O)C2COc3ccccc3C2)CC1. The minimum Gasteiger partial charge on any atom is -0.492 e. The third-order valence-corrected chi connectivity index (χ3v) is 5.94. The number of para-hydroxylation sites is 1. The molecule has 1 aromatic carbocycles. The fourth-order valence-corrected chi connectivity index (χ4v) is 4.28. The Morgan fingerprint density at radius 3 is 2.82 bits per heavy atom. The predicted molar refractivity (Wildman–Crippen MR) is 108 cm³/mol. The fourth-order valence-electron chi connectivity index (χ4n) is 4.28. The van der Waals surface area contributed by atoms with Gasteiger partial charge in [0.2, 0.25) is 5.91 Å². The summed E-state index contributed by atoms with van der Waals surface area (Å²) in [4.78, 5) is 21.9. The third-order valence-electron chi connectivity index (χ3n) is 5.94. The van der Waals surface area contributed by atoms with Crippen LogP contribution in [0.25, 0.3) is 0 Å². The fraction of sp³-hybridized carbons (Fsp3) is 0.545. The molecule has 6 heteroatoms. The summed E-state index contributed by atoms with van der Waals surface area (Å²) >= 11 is 0. The molecular formula is C22H30N4O2. The van der Waals surface area contributed by atoms with Crippen molar-refractivity contribution in [3.63, 3.8) is 0 Å². The summed E-state index contributed by atoms with van der Waals surface area (Å²) in [5.41, 5.74) is 1.14. The highest BCUT2D eigenvalue weighted by Gasteiger charge is 2.32. The summed E-state index contributed by atoms with van der Waals surface area (Å²) in [5.74, 6) is 2.71. The molecule has 0 aliphatic carbocycles. The van der Waals surface area contributed by atoms with Crippen molar-refractivity contribution in [1.82, 2.24) is 19.4 Å². The zero-order valence-electron chi connectivity index (χ0n) is 16.9. The van der Waals surface area contributed by atoms with E-state index in [-0.39, 0.29) is 11.8 Å². The van der Waals surface area contributed by atoms with Crippen LogP contribution in [0.15, 0.2) is 36.7 Å². The number of hydrogen-bond acceptors (Lipinski definition) is 4. The van der Waals surface area contributed by atoms with Crippen LogP contribution >= 0.6 is 0 Å². The zero-order chi connectivity index (χ0) is 19.5. The molecule has 0 bridgehead atoms. The van der Waals surface area contributed by atoms with Crippen LogP contribution in [0.4, 0.5) is 0 Å².